The highest BCUT2D eigenvalue weighted by Gasteiger charge is 2.58. The number of nitriles is 1. The molecule has 0 bridgehead atoms. The summed E-state index contributed by atoms with van der Waals surface area (Å²) in [6.45, 7) is 1.52. The van der Waals surface area contributed by atoms with E-state index in [0.29, 0.717) is 59.1 Å². The summed E-state index contributed by atoms with van der Waals surface area (Å²) in [5, 5.41) is 13.0. The van der Waals surface area contributed by atoms with Gasteiger partial charge in [-0.1, -0.05) is 5.16 Å². The molecule has 1 saturated heterocycles. The molecule has 0 amide bonds. The minimum absolute atomic E-state index is 0.130. The van der Waals surface area contributed by atoms with Crippen LogP contribution >= 0.6 is 0 Å². The summed E-state index contributed by atoms with van der Waals surface area (Å²) in [6.07, 6.45) is 2.98. The van der Waals surface area contributed by atoms with Crippen LogP contribution in [0.15, 0.2) is 40.2 Å². The lowest BCUT2D eigenvalue weighted by molar-refractivity contribution is 0.363. The third-order valence-electron chi connectivity index (χ3n) is 6.40. The summed E-state index contributed by atoms with van der Waals surface area (Å²) in [7, 11) is 1.74. The maximum absolute atomic E-state index is 14.3. The fourth-order valence-electron chi connectivity index (χ4n) is 4.74. The van der Waals surface area contributed by atoms with Crippen LogP contribution < -0.4 is 10.5 Å². The number of fused-ring (bicyclic) bond motifs is 2. The van der Waals surface area contributed by atoms with Gasteiger partial charge in [0, 0.05) is 26.1 Å². The molecule has 32 heavy (non-hydrogen) atoms. The van der Waals surface area contributed by atoms with Gasteiger partial charge in [0.15, 0.2) is 17.0 Å². The van der Waals surface area contributed by atoms with E-state index in [9.17, 15) is 9.18 Å². The minimum Gasteiger partial charge on any atom is -0.369 e. The average Bonchev–Trinajstić information content (AvgIpc) is 3.20. The minimum atomic E-state index is -0.381. The number of halogens is 1. The molecule has 1 aromatic carbocycles. The van der Waals surface area contributed by atoms with Crippen molar-refractivity contribution < 1.29 is 8.91 Å². The van der Waals surface area contributed by atoms with Gasteiger partial charge < -0.3 is 14.0 Å². The molecule has 6 rings (SSSR count). The Morgan fingerprint density at radius 2 is 2.03 bits per heavy atom. The first-order valence-electron chi connectivity index (χ1n) is 10.2. The van der Waals surface area contributed by atoms with Crippen molar-refractivity contribution in [1.82, 2.24) is 29.2 Å². The molecule has 2 fully saturated rings. The van der Waals surface area contributed by atoms with Gasteiger partial charge >= 0.3 is 0 Å². The molecule has 0 N–H and O–H groups in total. The van der Waals surface area contributed by atoms with E-state index in [2.05, 4.69) is 20.1 Å². The molecule has 4 heterocycles. The van der Waals surface area contributed by atoms with Crippen molar-refractivity contribution in [2.24, 2.45) is 18.9 Å². The van der Waals surface area contributed by atoms with Crippen LogP contribution in [0, 0.1) is 29.0 Å². The summed E-state index contributed by atoms with van der Waals surface area (Å²) < 4.78 is 22.8. The number of aromatic nitrogens is 6. The Morgan fingerprint density at radius 1 is 1.25 bits per heavy atom. The highest BCUT2D eigenvalue weighted by Crippen LogP contribution is 2.58. The van der Waals surface area contributed by atoms with E-state index in [-0.39, 0.29) is 23.8 Å². The lowest BCUT2D eigenvalue weighted by Crippen LogP contribution is -2.24. The maximum atomic E-state index is 14.3. The standard InChI is InChI=1S/C21H17FN8O2/c1-28-9-24-20-18(28)21(31)30(10-25-20)8-16-26-19(27-32-16)17-12-6-29(7-13(12)17)15-3-2-11(5-23)4-14(15)22/h2-4,9-10,12-13,17H,6-8H2,1H3/t12-,13+,17+. The second-order valence-corrected chi connectivity index (χ2v) is 8.29. The molecule has 160 valence electrons. The Hall–Kier alpha value is -4.07. The Morgan fingerprint density at radius 3 is 2.78 bits per heavy atom. The SMILES string of the molecule is Cn1cnc2ncn(Cc3nc([C@H]4[C@@H]5CN(c6ccc(C#N)cc6F)C[C@@H]54)no3)c(=O)c21. The number of hydrogen-bond acceptors (Lipinski definition) is 8. The van der Waals surface area contributed by atoms with E-state index in [1.165, 1.54) is 17.0 Å². The lowest BCUT2D eigenvalue weighted by atomic mass is 10.2. The quantitative estimate of drug-likeness (QED) is 0.475. The van der Waals surface area contributed by atoms with Crippen LogP contribution in [0.2, 0.25) is 0 Å². The zero-order valence-electron chi connectivity index (χ0n) is 17.0. The van der Waals surface area contributed by atoms with Gasteiger partial charge in [-0.3, -0.25) is 9.36 Å². The number of benzene rings is 1. The number of rotatable bonds is 4. The molecule has 0 spiro atoms. The van der Waals surface area contributed by atoms with Crippen molar-refractivity contribution in [2.75, 3.05) is 18.0 Å². The van der Waals surface area contributed by atoms with Gasteiger partial charge in [0.05, 0.1) is 23.6 Å². The van der Waals surface area contributed by atoms with Crippen molar-refractivity contribution in [2.45, 2.75) is 12.5 Å². The van der Waals surface area contributed by atoms with Crippen molar-refractivity contribution in [1.29, 1.82) is 5.26 Å². The van der Waals surface area contributed by atoms with Crippen LogP contribution in [0.5, 0.6) is 0 Å². The summed E-state index contributed by atoms with van der Waals surface area (Å²) in [4.78, 5) is 27.5. The summed E-state index contributed by atoms with van der Waals surface area (Å²) in [5.74, 6) is 1.40. The van der Waals surface area contributed by atoms with Crippen molar-refractivity contribution in [3.8, 4) is 6.07 Å². The lowest BCUT2D eigenvalue weighted by Gasteiger charge is -2.22. The highest BCUT2D eigenvalue weighted by atomic mass is 19.1. The van der Waals surface area contributed by atoms with Gasteiger partial charge in [0.1, 0.15) is 18.7 Å². The maximum Gasteiger partial charge on any atom is 0.280 e. The molecule has 3 aromatic heterocycles. The van der Waals surface area contributed by atoms with E-state index in [1.54, 1.807) is 30.1 Å². The number of piperidine rings is 1. The fraction of sp³-hybridized carbons (Fsp3) is 0.333. The Labute approximate surface area is 180 Å². The van der Waals surface area contributed by atoms with E-state index in [4.69, 9.17) is 9.78 Å². The van der Waals surface area contributed by atoms with Crippen LogP contribution in [0.1, 0.15) is 23.2 Å². The normalized spacial score (nSPS) is 21.7. The molecule has 1 aliphatic carbocycles. The van der Waals surface area contributed by atoms with E-state index in [0.717, 1.165) is 0 Å². The third kappa shape index (κ3) is 2.80. The molecule has 11 heteroatoms. The second-order valence-electron chi connectivity index (χ2n) is 8.29. The molecule has 10 nitrogen and oxygen atoms in total. The number of aryl methyl sites for hydroxylation is 1. The molecular weight excluding hydrogens is 415 g/mol. The topological polar surface area (TPSA) is 119 Å². The predicted molar refractivity (Wildman–Crippen MR) is 109 cm³/mol. The Bertz CT molecular complexity index is 1450. The van der Waals surface area contributed by atoms with Gasteiger partial charge in [-0.25, -0.2) is 14.4 Å². The summed E-state index contributed by atoms with van der Waals surface area (Å²) in [6, 6.07) is 6.50. The highest BCUT2D eigenvalue weighted by molar-refractivity contribution is 5.68. The van der Waals surface area contributed by atoms with Crippen molar-refractivity contribution >= 4 is 16.9 Å². The fourth-order valence-corrected chi connectivity index (χ4v) is 4.74. The van der Waals surface area contributed by atoms with Crippen molar-refractivity contribution in [3.63, 3.8) is 0 Å². The first kappa shape index (κ1) is 18.7. The first-order valence-corrected chi connectivity index (χ1v) is 10.2. The van der Waals surface area contributed by atoms with Crippen LogP contribution in [0.3, 0.4) is 0 Å². The molecule has 1 saturated carbocycles. The Balaban J connectivity index is 1.16. The van der Waals surface area contributed by atoms with Crippen LogP contribution in [-0.4, -0.2) is 42.3 Å². The molecule has 0 radical (unpaired) electrons. The van der Waals surface area contributed by atoms with Gasteiger partial charge in [-0.2, -0.15) is 10.2 Å². The molecule has 1 aliphatic heterocycles. The van der Waals surface area contributed by atoms with E-state index < -0.39 is 0 Å². The smallest absolute Gasteiger partial charge is 0.280 e. The predicted octanol–water partition coefficient (Wildman–Crippen LogP) is 1.42. The monoisotopic (exact) mass is 432 g/mol. The van der Waals surface area contributed by atoms with Gasteiger partial charge in [0.25, 0.3) is 5.56 Å². The van der Waals surface area contributed by atoms with Gasteiger partial charge in [0.2, 0.25) is 5.89 Å². The van der Waals surface area contributed by atoms with Crippen molar-refractivity contribution in [3.05, 3.63) is 64.3 Å². The van der Waals surface area contributed by atoms with Crippen LogP contribution in [0.25, 0.3) is 11.2 Å². The largest absolute Gasteiger partial charge is 0.369 e. The van der Waals surface area contributed by atoms with Crippen LogP contribution in [0.4, 0.5) is 10.1 Å². The average molecular weight is 432 g/mol. The van der Waals surface area contributed by atoms with Gasteiger partial charge in [-0.05, 0) is 30.0 Å². The van der Waals surface area contributed by atoms with E-state index >= 15 is 0 Å². The molecule has 4 aromatic rings. The molecular formula is C21H17FN8O2. The third-order valence-corrected chi connectivity index (χ3v) is 6.40. The second kappa shape index (κ2) is 6.71. The van der Waals surface area contributed by atoms with Gasteiger partial charge in [-0.15, -0.1) is 0 Å². The Kier molecular flexibility index (Phi) is 3.92. The van der Waals surface area contributed by atoms with E-state index in [1.807, 2.05) is 11.0 Å². The zero-order chi connectivity index (χ0) is 22.0. The van der Waals surface area contributed by atoms with Crippen LogP contribution in [-0.2, 0) is 13.6 Å². The molecule has 2 aliphatic rings. The number of nitrogens with zero attached hydrogens (tertiary/aromatic N) is 8. The number of imidazole rings is 1. The molecule has 3 atom stereocenters. The zero-order valence-corrected chi connectivity index (χ0v) is 17.0. The summed E-state index contributed by atoms with van der Waals surface area (Å²) >= 11 is 0. The summed E-state index contributed by atoms with van der Waals surface area (Å²) in [5.41, 5.74) is 1.41. The number of anilines is 1. The number of hydrogen-bond donors (Lipinski definition) is 0. The first-order chi connectivity index (χ1) is 15.5. The molecule has 0 unspecified atom stereocenters.